The minimum Gasteiger partial charge on any atom is -0.444 e. The van der Waals surface area contributed by atoms with E-state index in [4.69, 9.17) is 9.47 Å². The van der Waals surface area contributed by atoms with Gasteiger partial charge in [-0.05, 0) is 38.5 Å². The average Bonchev–Trinajstić information content (AvgIpc) is 2.53. The first kappa shape index (κ1) is 18.2. The fraction of sp³-hybridized carbons (Fsp3) is 0.529. The molecule has 0 radical (unpaired) electrons. The summed E-state index contributed by atoms with van der Waals surface area (Å²) in [6, 6.07) is 7.10. The Morgan fingerprint density at radius 3 is 2.38 bits per heavy atom. The Labute approximate surface area is 142 Å². The van der Waals surface area contributed by atoms with Gasteiger partial charge < -0.3 is 14.8 Å². The number of nitrogens with one attached hydrogen (secondary N) is 2. The van der Waals surface area contributed by atoms with Crippen LogP contribution in [0.5, 0.6) is 0 Å². The molecule has 7 nitrogen and oxygen atoms in total. The summed E-state index contributed by atoms with van der Waals surface area (Å²) in [5.74, 6) is -0.149. The molecule has 2 rings (SSSR count). The van der Waals surface area contributed by atoms with Gasteiger partial charge in [-0.15, -0.1) is 0 Å². The largest absolute Gasteiger partial charge is 0.444 e. The van der Waals surface area contributed by atoms with E-state index in [9.17, 15) is 9.59 Å². The van der Waals surface area contributed by atoms with Crippen LogP contribution in [0.2, 0.25) is 0 Å². The maximum Gasteiger partial charge on any atom is 0.407 e. The molecule has 0 saturated carbocycles. The van der Waals surface area contributed by atoms with Crippen molar-refractivity contribution in [2.45, 2.75) is 32.9 Å². The van der Waals surface area contributed by atoms with Crippen LogP contribution in [0.1, 0.15) is 36.7 Å². The van der Waals surface area contributed by atoms with E-state index in [0.29, 0.717) is 38.4 Å². The number of hydrogen-bond acceptors (Lipinski definition) is 5. The molecule has 1 saturated heterocycles. The van der Waals surface area contributed by atoms with Crippen LogP contribution in [0.3, 0.4) is 0 Å². The number of ether oxygens (including phenoxy) is 2. The number of carbonyl (C=O) groups is 2. The summed E-state index contributed by atoms with van der Waals surface area (Å²) in [6.45, 7) is 8.40. The Hall–Kier alpha value is -2.12. The lowest BCUT2D eigenvalue weighted by Crippen LogP contribution is -2.48. The van der Waals surface area contributed by atoms with Gasteiger partial charge in [0.15, 0.2) is 0 Å². The van der Waals surface area contributed by atoms with Crippen molar-refractivity contribution in [3.05, 3.63) is 35.4 Å². The van der Waals surface area contributed by atoms with Crippen molar-refractivity contribution in [2.75, 3.05) is 26.3 Å². The van der Waals surface area contributed by atoms with Crippen molar-refractivity contribution in [1.29, 1.82) is 0 Å². The normalized spacial score (nSPS) is 15.6. The van der Waals surface area contributed by atoms with Gasteiger partial charge in [0, 0.05) is 25.2 Å². The summed E-state index contributed by atoms with van der Waals surface area (Å²) >= 11 is 0. The first-order valence-electron chi connectivity index (χ1n) is 8.03. The van der Waals surface area contributed by atoms with Crippen LogP contribution in [-0.4, -0.2) is 48.9 Å². The average molecular weight is 335 g/mol. The Balaban J connectivity index is 1.81. The molecule has 2 amide bonds. The zero-order chi connectivity index (χ0) is 17.6. The monoisotopic (exact) mass is 335 g/mol. The molecular weight excluding hydrogens is 310 g/mol. The van der Waals surface area contributed by atoms with Gasteiger partial charge in [-0.3, -0.25) is 10.2 Å². The number of alkyl carbamates (subject to hydrolysis) is 1. The molecular formula is C17H25N3O4. The predicted octanol–water partition coefficient (Wildman–Crippen LogP) is 1.69. The Morgan fingerprint density at radius 1 is 1.17 bits per heavy atom. The molecule has 24 heavy (non-hydrogen) atoms. The third-order valence-electron chi connectivity index (χ3n) is 3.32. The maximum atomic E-state index is 12.2. The highest BCUT2D eigenvalue weighted by molar-refractivity contribution is 5.93. The summed E-state index contributed by atoms with van der Waals surface area (Å²) in [4.78, 5) is 23.8. The van der Waals surface area contributed by atoms with E-state index >= 15 is 0 Å². The summed E-state index contributed by atoms with van der Waals surface area (Å²) in [5, 5.41) is 4.54. The highest BCUT2D eigenvalue weighted by Gasteiger charge is 2.16. The Bertz CT molecular complexity index is 560. The lowest BCUT2D eigenvalue weighted by Gasteiger charge is -2.26. The van der Waals surface area contributed by atoms with Gasteiger partial charge in [0.2, 0.25) is 0 Å². The summed E-state index contributed by atoms with van der Waals surface area (Å²) < 4.78 is 10.4. The fourth-order valence-electron chi connectivity index (χ4n) is 2.15. The predicted molar refractivity (Wildman–Crippen MR) is 89.4 cm³/mol. The van der Waals surface area contributed by atoms with Crippen LogP contribution in [0.25, 0.3) is 0 Å². The van der Waals surface area contributed by atoms with Crippen molar-refractivity contribution >= 4 is 12.0 Å². The van der Waals surface area contributed by atoms with Crippen LogP contribution in [0.15, 0.2) is 24.3 Å². The molecule has 0 aliphatic carbocycles. The van der Waals surface area contributed by atoms with Crippen molar-refractivity contribution in [1.82, 2.24) is 15.8 Å². The Kier molecular flexibility index (Phi) is 6.16. The van der Waals surface area contributed by atoms with E-state index in [2.05, 4.69) is 10.7 Å². The van der Waals surface area contributed by atoms with Gasteiger partial charge in [0.25, 0.3) is 5.91 Å². The number of hydrogen-bond donors (Lipinski definition) is 2. The van der Waals surface area contributed by atoms with E-state index in [1.54, 1.807) is 12.1 Å². The maximum absolute atomic E-state index is 12.2. The third-order valence-corrected chi connectivity index (χ3v) is 3.32. The summed E-state index contributed by atoms with van der Waals surface area (Å²) in [6.07, 6.45) is -0.461. The zero-order valence-electron chi connectivity index (χ0n) is 14.4. The lowest BCUT2D eigenvalue weighted by molar-refractivity contribution is 0.0126. The topological polar surface area (TPSA) is 79.9 Å². The Morgan fingerprint density at radius 2 is 1.79 bits per heavy atom. The first-order chi connectivity index (χ1) is 11.3. The highest BCUT2D eigenvalue weighted by atomic mass is 16.6. The molecule has 1 aromatic rings. The molecule has 1 heterocycles. The van der Waals surface area contributed by atoms with E-state index in [1.165, 1.54) is 0 Å². The molecule has 1 aliphatic heterocycles. The highest BCUT2D eigenvalue weighted by Crippen LogP contribution is 2.08. The van der Waals surface area contributed by atoms with Gasteiger partial charge in [0.05, 0.1) is 13.2 Å². The second-order valence-corrected chi connectivity index (χ2v) is 6.59. The van der Waals surface area contributed by atoms with Crippen molar-refractivity contribution < 1.29 is 19.1 Å². The van der Waals surface area contributed by atoms with Crippen molar-refractivity contribution in [3.63, 3.8) is 0 Å². The van der Waals surface area contributed by atoms with E-state index in [-0.39, 0.29) is 5.91 Å². The molecule has 0 spiro atoms. The molecule has 0 unspecified atom stereocenters. The SMILES string of the molecule is CC(C)(C)OC(=O)NCc1ccc(C(=O)NN2CCOCC2)cc1. The number of amides is 2. The molecule has 0 atom stereocenters. The number of rotatable bonds is 4. The van der Waals surface area contributed by atoms with Crippen LogP contribution < -0.4 is 10.7 Å². The molecule has 1 fully saturated rings. The first-order valence-corrected chi connectivity index (χ1v) is 8.03. The lowest BCUT2D eigenvalue weighted by atomic mass is 10.1. The van der Waals surface area contributed by atoms with E-state index in [0.717, 1.165) is 5.56 Å². The molecule has 0 aromatic heterocycles. The van der Waals surface area contributed by atoms with Crippen LogP contribution in [0, 0.1) is 0 Å². The molecule has 2 N–H and O–H groups in total. The standard InChI is InChI=1S/C17H25N3O4/c1-17(2,3)24-16(22)18-12-13-4-6-14(7-5-13)15(21)19-20-8-10-23-11-9-20/h4-7H,8-12H2,1-3H3,(H,18,22)(H,19,21). The molecule has 7 heteroatoms. The molecule has 132 valence electrons. The second kappa shape index (κ2) is 8.12. The quantitative estimate of drug-likeness (QED) is 0.875. The number of nitrogens with zero attached hydrogens (tertiary/aromatic N) is 1. The number of hydrazine groups is 1. The molecule has 0 bridgehead atoms. The van der Waals surface area contributed by atoms with Gasteiger partial charge in [-0.1, -0.05) is 12.1 Å². The number of carbonyl (C=O) groups excluding carboxylic acids is 2. The smallest absolute Gasteiger partial charge is 0.407 e. The van der Waals surface area contributed by atoms with Crippen LogP contribution in [0.4, 0.5) is 4.79 Å². The minimum atomic E-state index is -0.522. The van der Waals surface area contributed by atoms with Gasteiger partial charge >= 0.3 is 6.09 Å². The van der Waals surface area contributed by atoms with Gasteiger partial charge in [-0.25, -0.2) is 9.80 Å². The number of benzene rings is 1. The van der Waals surface area contributed by atoms with Crippen LogP contribution in [-0.2, 0) is 16.0 Å². The van der Waals surface area contributed by atoms with Crippen LogP contribution >= 0.6 is 0 Å². The fourth-order valence-corrected chi connectivity index (χ4v) is 2.15. The number of morpholine rings is 1. The van der Waals surface area contributed by atoms with Crippen molar-refractivity contribution in [2.24, 2.45) is 0 Å². The van der Waals surface area contributed by atoms with E-state index < -0.39 is 11.7 Å². The van der Waals surface area contributed by atoms with E-state index in [1.807, 2.05) is 37.9 Å². The van der Waals surface area contributed by atoms with Crippen molar-refractivity contribution in [3.8, 4) is 0 Å². The van der Waals surface area contributed by atoms with Gasteiger partial charge in [-0.2, -0.15) is 0 Å². The minimum absolute atomic E-state index is 0.149. The zero-order valence-corrected chi connectivity index (χ0v) is 14.4. The van der Waals surface area contributed by atoms with Gasteiger partial charge in [0.1, 0.15) is 5.60 Å². The summed E-state index contributed by atoms with van der Waals surface area (Å²) in [5.41, 5.74) is 3.80. The second-order valence-electron chi connectivity index (χ2n) is 6.59. The molecule has 1 aliphatic rings. The summed E-state index contributed by atoms with van der Waals surface area (Å²) in [7, 11) is 0. The molecule has 1 aromatic carbocycles. The third kappa shape index (κ3) is 6.17.